The standard InChI is InChI=1S/C15H19ClO4/c1-4-9-7-10(19-2)14(20-3)12(13(9)16)15(5-6-15)8-11(17)18/h7H,4-6,8H2,1-3H3,(H,17,18). The second kappa shape index (κ2) is 5.52. The number of rotatable bonds is 6. The Kier molecular flexibility index (Phi) is 4.14. The zero-order chi connectivity index (χ0) is 14.9. The predicted molar refractivity (Wildman–Crippen MR) is 77.1 cm³/mol. The van der Waals surface area contributed by atoms with E-state index in [-0.39, 0.29) is 6.42 Å². The lowest BCUT2D eigenvalue weighted by atomic mass is 9.89. The Bertz CT molecular complexity index is 535. The van der Waals surface area contributed by atoms with Gasteiger partial charge < -0.3 is 14.6 Å². The van der Waals surface area contributed by atoms with Crippen molar-refractivity contribution in [2.45, 2.75) is 38.0 Å². The summed E-state index contributed by atoms with van der Waals surface area (Å²) in [6.07, 6.45) is 2.45. The van der Waals surface area contributed by atoms with Crippen LogP contribution in [0, 0.1) is 0 Å². The van der Waals surface area contributed by atoms with Crippen LogP contribution in [0.2, 0.25) is 5.02 Å². The number of aliphatic carboxylic acids is 1. The maximum atomic E-state index is 11.1. The SMILES string of the molecule is CCc1cc(OC)c(OC)c(C2(CC(=O)O)CC2)c1Cl. The first-order valence-electron chi connectivity index (χ1n) is 6.64. The van der Waals surface area contributed by atoms with E-state index in [1.165, 1.54) is 0 Å². The van der Waals surface area contributed by atoms with Crippen molar-refractivity contribution in [2.24, 2.45) is 0 Å². The molecule has 0 radical (unpaired) electrons. The maximum Gasteiger partial charge on any atom is 0.304 e. The van der Waals surface area contributed by atoms with Crippen molar-refractivity contribution in [1.82, 2.24) is 0 Å². The van der Waals surface area contributed by atoms with E-state index in [0.29, 0.717) is 16.5 Å². The van der Waals surface area contributed by atoms with E-state index in [4.69, 9.17) is 26.2 Å². The van der Waals surface area contributed by atoms with E-state index in [1.807, 2.05) is 13.0 Å². The Morgan fingerprint density at radius 1 is 1.40 bits per heavy atom. The number of methoxy groups -OCH3 is 2. The number of hydrogen-bond donors (Lipinski definition) is 1. The van der Waals surface area contributed by atoms with E-state index in [1.54, 1.807) is 14.2 Å². The highest BCUT2D eigenvalue weighted by atomic mass is 35.5. The molecule has 1 fully saturated rings. The van der Waals surface area contributed by atoms with Crippen LogP contribution in [0.4, 0.5) is 0 Å². The van der Waals surface area contributed by atoms with Crippen LogP contribution in [0.25, 0.3) is 0 Å². The fraction of sp³-hybridized carbons (Fsp3) is 0.533. The Labute approximate surface area is 123 Å². The summed E-state index contributed by atoms with van der Waals surface area (Å²) in [6, 6.07) is 1.86. The van der Waals surface area contributed by atoms with Crippen molar-refractivity contribution in [3.8, 4) is 11.5 Å². The minimum absolute atomic E-state index is 0.0689. The van der Waals surface area contributed by atoms with Crippen LogP contribution in [-0.2, 0) is 16.6 Å². The van der Waals surface area contributed by atoms with Crippen molar-refractivity contribution in [2.75, 3.05) is 14.2 Å². The van der Waals surface area contributed by atoms with Gasteiger partial charge in [0.15, 0.2) is 11.5 Å². The summed E-state index contributed by atoms with van der Waals surface area (Å²) in [5.41, 5.74) is 1.34. The van der Waals surface area contributed by atoms with Crippen LogP contribution >= 0.6 is 11.6 Å². The maximum absolute atomic E-state index is 11.1. The molecular formula is C15H19ClO4. The molecule has 1 aromatic rings. The summed E-state index contributed by atoms with van der Waals surface area (Å²) in [4.78, 5) is 11.1. The van der Waals surface area contributed by atoms with Gasteiger partial charge in [-0.15, -0.1) is 0 Å². The molecule has 0 atom stereocenters. The summed E-state index contributed by atoms with van der Waals surface area (Å²) in [5, 5.41) is 9.76. The smallest absolute Gasteiger partial charge is 0.304 e. The van der Waals surface area contributed by atoms with Crippen molar-refractivity contribution in [3.63, 3.8) is 0 Å². The van der Waals surface area contributed by atoms with E-state index >= 15 is 0 Å². The Balaban J connectivity index is 2.63. The molecule has 0 heterocycles. The van der Waals surface area contributed by atoms with Gasteiger partial charge >= 0.3 is 5.97 Å². The van der Waals surface area contributed by atoms with Gasteiger partial charge in [0.2, 0.25) is 0 Å². The number of carboxylic acids is 1. The highest BCUT2D eigenvalue weighted by Gasteiger charge is 2.50. The summed E-state index contributed by atoms with van der Waals surface area (Å²) >= 11 is 6.50. The first-order chi connectivity index (χ1) is 9.49. The molecule has 0 spiro atoms. The number of aryl methyl sites for hydroxylation is 1. The van der Waals surface area contributed by atoms with Crippen molar-refractivity contribution in [1.29, 1.82) is 0 Å². The van der Waals surface area contributed by atoms with Gasteiger partial charge in [-0.1, -0.05) is 18.5 Å². The molecule has 110 valence electrons. The predicted octanol–water partition coefficient (Wildman–Crippen LogP) is 3.43. The van der Waals surface area contributed by atoms with E-state index in [2.05, 4.69) is 0 Å². The number of carbonyl (C=O) groups is 1. The topological polar surface area (TPSA) is 55.8 Å². The molecule has 0 unspecified atom stereocenters. The molecule has 1 aliphatic rings. The minimum atomic E-state index is -0.818. The fourth-order valence-corrected chi connectivity index (χ4v) is 3.19. The molecule has 0 amide bonds. The molecule has 1 saturated carbocycles. The van der Waals surface area contributed by atoms with Gasteiger partial charge in [0, 0.05) is 11.0 Å². The van der Waals surface area contributed by atoms with Gasteiger partial charge in [-0.25, -0.2) is 0 Å². The second-order valence-electron chi connectivity index (χ2n) is 5.16. The molecule has 1 N–H and O–H groups in total. The van der Waals surface area contributed by atoms with Crippen LogP contribution in [0.15, 0.2) is 6.07 Å². The van der Waals surface area contributed by atoms with E-state index < -0.39 is 11.4 Å². The third kappa shape index (κ3) is 2.44. The number of benzene rings is 1. The molecule has 0 saturated heterocycles. The lowest BCUT2D eigenvalue weighted by Gasteiger charge is -2.22. The normalized spacial score (nSPS) is 15.8. The Morgan fingerprint density at radius 3 is 2.45 bits per heavy atom. The van der Waals surface area contributed by atoms with Crippen LogP contribution in [0.5, 0.6) is 11.5 Å². The highest BCUT2D eigenvalue weighted by Crippen LogP contribution is 2.58. The third-order valence-corrected chi connectivity index (χ3v) is 4.37. The molecule has 0 aliphatic heterocycles. The molecular weight excluding hydrogens is 280 g/mol. The second-order valence-corrected chi connectivity index (χ2v) is 5.54. The third-order valence-electron chi connectivity index (χ3n) is 3.94. The summed E-state index contributed by atoms with van der Waals surface area (Å²) in [6.45, 7) is 2.01. The van der Waals surface area contributed by atoms with Crippen molar-refractivity contribution in [3.05, 3.63) is 22.2 Å². The van der Waals surface area contributed by atoms with Crippen molar-refractivity contribution < 1.29 is 19.4 Å². The highest BCUT2D eigenvalue weighted by molar-refractivity contribution is 6.32. The zero-order valence-corrected chi connectivity index (χ0v) is 12.7. The molecule has 20 heavy (non-hydrogen) atoms. The Hall–Kier alpha value is -1.42. The van der Waals surface area contributed by atoms with Gasteiger partial charge in [-0.3, -0.25) is 4.79 Å². The average Bonchev–Trinajstić information content (AvgIpc) is 3.17. The quantitative estimate of drug-likeness (QED) is 0.874. The molecule has 4 nitrogen and oxygen atoms in total. The molecule has 0 bridgehead atoms. The summed E-state index contributed by atoms with van der Waals surface area (Å²) in [7, 11) is 3.13. The lowest BCUT2D eigenvalue weighted by Crippen LogP contribution is -2.16. The monoisotopic (exact) mass is 298 g/mol. The summed E-state index contributed by atoms with van der Waals surface area (Å²) in [5.74, 6) is 0.357. The van der Waals surface area contributed by atoms with Gasteiger partial charge in [0.05, 0.1) is 25.7 Å². The molecule has 5 heteroatoms. The first-order valence-corrected chi connectivity index (χ1v) is 7.02. The summed E-state index contributed by atoms with van der Waals surface area (Å²) < 4.78 is 10.8. The van der Waals surface area contributed by atoms with Gasteiger partial charge in [0.1, 0.15) is 0 Å². The number of ether oxygens (including phenoxy) is 2. The van der Waals surface area contributed by atoms with Crippen LogP contribution in [-0.4, -0.2) is 25.3 Å². The van der Waals surface area contributed by atoms with Gasteiger partial charge in [-0.05, 0) is 30.9 Å². The van der Waals surface area contributed by atoms with Crippen LogP contribution in [0.1, 0.15) is 37.3 Å². The van der Waals surface area contributed by atoms with Gasteiger partial charge in [0.25, 0.3) is 0 Å². The lowest BCUT2D eigenvalue weighted by molar-refractivity contribution is -0.137. The molecule has 0 aromatic heterocycles. The first kappa shape index (κ1) is 15.0. The fourth-order valence-electron chi connectivity index (χ4n) is 2.71. The number of halogens is 1. The number of carboxylic acid groups (broad SMARTS) is 1. The van der Waals surface area contributed by atoms with E-state index in [0.717, 1.165) is 30.4 Å². The average molecular weight is 299 g/mol. The largest absolute Gasteiger partial charge is 0.493 e. The number of hydrogen-bond acceptors (Lipinski definition) is 3. The van der Waals surface area contributed by atoms with Crippen LogP contribution < -0.4 is 9.47 Å². The van der Waals surface area contributed by atoms with Gasteiger partial charge in [-0.2, -0.15) is 0 Å². The molecule has 2 rings (SSSR count). The van der Waals surface area contributed by atoms with Crippen LogP contribution in [0.3, 0.4) is 0 Å². The molecule has 1 aliphatic carbocycles. The molecule has 1 aromatic carbocycles. The Morgan fingerprint density at radius 2 is 2.05 bits per heavy atom. The van der Waals surface area contributed by atoms with Crippen molar-refractivity contribution >= 4 is 17.6 Å². The zero-order valence-electron chi connectivity index (χ0n) is 12.0. The van der Waals surface area contributed by atoms with E-state index in [9.17, 15) is 4.79 Å². The minimum Gasteiger partial charge on any atom is -0.493 e.